The lowest BCUT2D eigenvalue weighted by atomic mass is 10.5. The van der Waals surface area contributed by atoms with Crippen molar-refractivity contribution in [3.05, 3.63) is 6.07 Å². The molecule has 0 amide bonds. The maximum Gasteiger partial charge on any atom is 0.255 e. The van der Waals surface area contributed by atoms with Crippen molar-refractivity contribution in [1.82, 2.24) is 9.97 Å². The molecule has 0 bridgehead atoms. The van der Waals surface area contributed by atoms with Crippen LogP contribution in [-0.4, -0.2) is 35.7 Å². The number of hydrogen-bond donors (Lipinski definition) is 2. The summed E-state index contributed by atoms with van der Waals surface area (Å²) in [6, 6.07) is 1.62. The lowest BCUT2D eigenvalue weighted by molar-refractivity contribution is 0.163. The highest BCUT2D eigenvalue weighted by atomic mass is 32.2. The molecule has 1 aromatic rings. The third kappa shape index (κ3) is 4.18. The van der Waals surface area contributed by atoms with Gasteiger partial charge in [-0.15, -0.1) is 0 Å². The maximum absolute atomic E-state index is 12.0. The van der Waals surface area contributed by atoms with E-state index in [1.807, 2.05) is 13.2 Å². The van der Waals surface area contributed by atoms with Crippen LogP contribution in [0.5, 0.6) is 0 Å². The molecule has 0 aliphatic heterocycles. The van der Waals surface area contributed by atoms with Crippen molar-refractivity contribution < 1.29 is 8.78 Å². The van der Waals surface area contributed by atoms with Crippen molar-refractivity contribution in [3.8, 4) is 0 Å². The lowest BCUT2D eigenvalue weighted by Gasteiger charge is -2.09. The fraction of sp³-hybridized carbons (Fsp3) is 0.556. The van der Waals surface area contributed by atoms with Gasteiger partial charge in [-0.3, -0.25) is 0 Å². The monoisotopic (exact) mass is 248 g/mol. The Hall–Kier alpha value is -1.11. The van der Waals surface area contributed by atoms with Crippen molar-refractivity contribution in [1.29, 1.82) is 0 Å². The van der Waals surface area contributed by atoms with Gasteiger partial charge in [0.15, 0.2) is 5.16 Å². The highest BCUT2D eigenvalue weighted by Gasteiger charge is 2.06. The summed E-state index contributed by atoms with van der Waals surface area (Å²) in [5, 5.41) is 6.13. The number of nitrogens with zero attached hydrogens (tertiary/aromatic N) is 2. The fourth-order valence-electron chi connectivity index (χ4n) is 1.06. The molecular weight excluding hydrogens is 234 g/mol. The number of rotatable bonds is 6. The van der Waals surface area contributed by atoms with Gasteiger partial charge in [0.25, 0.3) is 6.43 Å². The molecule has 90 valence electrons. The fourth-order valence-corrected chi connectivity index (χ4v) is 1.44. The number of nitrogens with one attached hydrogen (secondary N) is 2. The van der Waals surface area contributed by atoms with Gasteiger partial charge in [-0.05, 0) is 13.2 Å². The number of alkyl halides is 2. The predicted molar refractivity (Wildman–Crippen MR) is 62.5 cm³/mol. The number of hydrogen-bond acceptors (Lipinski definition) is 5. The van der Waals surface area contributed by atoms with E-state index in [1.165, 1.54) is 11.8 Å². The Morgan fingerprint density at radius 1 is 1.31 bits per heavy atom. The highest BCUT2D eigenvalue weighted by molar-refractivity contribution is 7.98. The summed E-state index contributed by atoms with van der Waals surface area (Å²) in [5.74, 6) is 1.05. The summed E-state index contributed by atoms with van der Waals surface area (Å²) in [6.07, 6.45) is -0.558. The Morgan fingerprint density at radius 3 is 2.44 bits per heavy atom. The molecule has 0 unspecified atom stereocenters. The summed E-state index contributed by atoms with van der Waals surface area (Å²) >= 11 is 1.37. The average molecular weight is 248 g/mol. The van der Waals surface area contributed by atoms with Gasteiger partial charge in [0.2, 0.25) is 0 Å². The molecule has 1 aromatic heterocycles. The minimum Gasteiger partial charge on any atom is -0.370 e. The second kappa shape index (κ2) is 6.47. The van der Waals surface area contributed by atoms with Crippen LogP contribution in [-0.2, 0) is 0 Å². The van der Waals surface area contributed by atoms with Crippen LogP contribution < -0.4 is 10.6 Å². The number of anilines is 2. The van der Waals surface area contributed by atoms with Crippen molar-refractivity contribution in [2.45, 2.75) is 18.5 Å². The first-order valence-corrected chi connectivity index (χ1v) is 6.07. The first-order chi connectivity index (χ1) is 7.65. The van der Waals surface area contributed by atoms with Crippen LogP contribution in [0.2, 0.25) is 0 Å². The van der Waals surface area contributed by atoms with Crippen LogP contribution in [0, 0.1) is 0 Å². The summed E-state index contributed by atoms with van der Waals surface area (Å²) in [6.45, 7) is 2.25. The molecule has 0 aromatic carbocycles. The van der Waals surface area contributed by atoms with Crippen molar-refractivity contribution in [2.75, 3.05) is 30.0 Å². The van der Waals surface area contributed by atoms with Crippen molar-refractivity contribution >= 4 is 23.4 Å². The Labute approximate surface area is 97.2 Å². The highest BCUT2D eigenvalue weighted by Crippen LogP contribution is 2.17. The molecule has 0 atom stereocenters. The molecule has 0 aliphatic rings. The molecular formula is C9H14F2N4S. The van der Waals surface area contributed by atoms with Gasteiger partial charge >= 0.3 is 0 Å². The SMILES string of the molecule is CCNc1cc(NCC(F)F)nc(SC)n1. The molecule has 0 radical (unpaired) electrons. The van der Waals surface area contributed by atoms with Gasteiger partial charge in [-0.1, -0.05) is 11.8 Å². The van der Waals surface area contributed by atoms with Crippen LogP contribution in [0.1, 0.15) is 6.92 Å². The first-order valence-electron chi connectivity index (χ1n) is 4.84. The third-order valence-electron chi connectivity index (χ3n) is 1.68. The number of thioether (sulfide) groups is 1. The Morgan fingerprint density at radius 2 is 1.94 bits per heavy atom. The minimum atomic E-state index is -2.39. The van der Waals surface area contributed by atoms with Crippen LogP contribution in [0.25, 0.3) is 0 Å². The van der Waals surface area contributed by atoms with E-state index in [0.29, 0.717) is 16.8 Å². The molecule has 0 aliphatic carbocycles. The smallest absolute Gasteiger partial charge is 0.255 e. The minimum absolute atomic E-state index is 0.406. The predicted octanol–water partition coefficient (Wildman–Crippen LogP) is 2.31. The van der Waals surface area contributed by atoms with Crippen LogP contribution in [0.4, 0.5) is 20.4 Å². The molecule has 4 nitrogen and oxygen atoms in total. The maximum atomic E-state index is 12.0. The van der Waals surface area contributed by atoms with E-state index >= 15 is 0 Å². The Balaban J connectivity index is 2.77. The Bertz CT molecular complexity index is 335. The third-order valence-corrected chi connectivity index (χ3v) is 2.23. The van der Waals surface area contributed by atoms with Crippen molar-refractivity contribution in [2.24, 2.45) is 0 Å². The molecule has 0 saturated heterocycles. The second-order valence-electron chi connectivity index (χ2n) is 2.93. The van der Waals surface area contributed by atoms with Gasteiger partial charge in [0, 0.05) is 12.6 Å². The molecule has 1 heterocycles. The molecule has 0 saturated carbocycles. The van der Waals surface area contributed by atoms with Gasteiger partial charge in [0.1, 0.15) is 11.6 Å². The zero-order valence-electron chi connectivity index (χ0n) is 9.13. The summed E-state index contributed by atoms with van der Waals surface area (Å²) in [7, 11) is 0. The van der Waals surface area contributed by atoms with Crippen molar-refractivity contribution in [3.63, 3.8) is 0 Å². The Kier molecular flexibility index (Phi) is 5.24. The van der Waals surface area contributed by atoms with E-state index in [4.69, 9.17) is 0 Å². The normalized spacial score (nSPS) is 10.6. The van der Waals surface area contributed by atoms with Crippen LogP contribution in [0.3, 0.4) is 0 Å². The first kappa shape index (κ1) is 13.0. The molecule has 16 heavy (non-hydrogen) atoms. The van der Waals surface area contributed by atoms with Crippen LogP contribution in [0.15, 0.2) is 11.2 Å². The van der Waals surface area contributed by atoms with E-state index in [1.54, 1.807) is 6.07 Å². The summed E-state index contributed by atoms with van der Waals surface area (Å²) in [4.78, 5) is 8.26. The summed E-state index contributed by atoms with van der Waals surface area (Å²) in [5.41, 5.74) is 0. The van der Waals surface area contributed by atoms with Gasteiger partial charge in [-0.2, -0.15) is 0 Å². The molecule has 0 spiro atoms. The largest absolute Gasteiger partial charge is 0.370 e. The molecule has 2 N–H and O–H groups in total. The van der Waals surface area contributed by atoms with Gasteiger partial charge in [-0.25, -0.2) is 18.7 Å². The van der Waals surface area contributed by atoms with E-state index < -0.39 is 13.0 Å². The van der Waals surface area contributed by atoms with Gasteiger partial charge in [0.05, 0.1) is 6.54 Å². The van der Waals surface area contributed by atoms with E-state index in [0.717, 1.165) is 6.54 Å². The number of aromatic nitrogens is 2. The van der Waals surface area contributed by atoms with E-state index in [9.17, 15) is 8.78 Å². The molecule has 1 rings (SSSR count). The standard InChI is InChI=1S/C9H14F2N4S/c1-3-12-7-4-8(13-5-6(10)11)15-9(14-7)16-2/h4,6H,3,5H2,1-2H3,(H2,12,13,14,15). The lowest BCUT2D eigenvalue weighted by Crippen LogP contribution is -2.12. The zero-order chi connectivity index (χ0) is 12.0. The topological polar surface area (TPSA) is 49.8 Å². The molecule has 7 heteroatoms. The number of halogens is 2. The van der Waals surface area contributed by atoms with E-state index in [2.05, 4.69) is 20.6 Å². The summed E-state index contributed by atoms with van der Waals surface area (Å²) < 4.78 is 24.0. The van der Waals surface area contributed by atoms with E-state index in [-0.39, 0.29) is 0 Å². The zero-order valence-corrected chi connectivity index (χ0v) is 9.94. The quantitative estimate of drug-likeness (QED) is 0.597. The molecule has 0 fully saturated rings. The second-order valence-corrected chi connectivity index (χ2v) is 3.70. The van der Waals surface area contributed by atoms with Crippen LogP contribution >= 0.6 is 11.8 Å². The average Bonchev–Trinajstić information content (AvgIpc) is 2.26. The van der Waals surface area contributed by atoms with Gasteiger partial charge < -0.3 is 10.6 Å².